The molecular weight excluding hydrogens is 210 g/mol. The van der Waals surface area contributed by atoms with Crippen LogP contribution in [0.15, 0.2) is 10.1 Å². The van der Waals surface area contributed by atoms with Crippen LogP contribution < -0.4 is 5.32 Å². The minimum absolute atomic E-state index is 0. The summed E-state index contributed by atoms with van der Waals surface area (Å²) in [7, 11) is 1.30. The Morgan fingerprint density at radius 3 is 3.14 bits per heavy atom. The van der Waals surface area contributed by atoms with Gasteiger partial charge in [0.05, 0.1) is 32.2 Å². The highest BCUT2D eigenvalue weighted by Gasteiger charge is 2.03. The Labute approximate surface area is 87.8 Å². The zero-order chi connectivity index (χ0) is 9.52. The molecule has 0 aromatic heterocycles. The van der Waals surface area contributed by atoms with Crippen LogP contribution in [-0.2, 0) is 14.4 Å². The van der Waals surface area contributed by atoms with Gasteiger partial charge in [-0.15, -0.1) is 12.4 Å². The maximum atomic E-state index is 10.6. The number of rotatable bonds is 3. The fraction of sp³-hybridized carbons (Fsp3) is 0.571. The number of halogens is 1. The van der Waals surface area contributed by atoms with E-state index in [2.05, 4.69) is 20.2 Å². The molecule has 0 fully saturated rings. The van der Waals surface area contributed by atoms with Crippen LogP contribution in [0.1, 0.15) is 0 Å². The topological polar surface area (TPSA) is 72.3 Å². The largest absolute Gasteiger partial charge is 0.466 e. The van der Waals surface area contributed by atoms with E-state index in [1.807, 2.05) is 0 Å². The van der Waals surface area contributed by atoms with Crippen LogP contribution in [0.3, 0.4) is 0 Å². The monoisotopic (exact) mass is 221 g/mol. The Hall–Kier alpha value is -1.30. The molecule has 0 saturated heterocycles. The van der Waals surface area contributed by atoms with E-state index in [9.17, 15) is 4.79 Å². The first-order valence-corrected chi connectivity index (χ1v) is 3.79. The predicted molar refractivity (Wildman–Crippen MR) is 54.0 cm³/mol. The standard InChI is InChI=1S/C7H11N3O3.ClH/c1-12-7(11)4-13-10-6-2-8-5-9-3-6;/h5H,2-4H2,1H3,(H,8,9);1H. The third-order valence-electron chi connectivity index (χ3n) is 1.37. The molecule has 1 aliphatic heterocycles. The molecule has 0 atom stereocenters. The van der Waals surface area contributed by atoms with Gasteiger partial charge in [0.1, 0.15) is 0 Å². The molecule has 1 N–H and O–H groups in total. The van der Waals surface area contributed by atoms with Crippen LogP contribution in [-0.4, -0.2) is 44.8 Å². The van der Waals surface area contributed by atoms with Crippen LogP contribution in [0.5, 0.6) is 0 Å². The number of nitrogens with one attached hydrogen (secondary N) is 1. The van der Waals surface area contributed by atoms with Crippen molar-refractivity contribution in [2.45, 2.75) is 0 Å². The Morgan fingerprint density at radius 1 is 1.79 bits per heavy atom. The molecule has 0 spiro atoms. The molecule has 0 saturated carbocycles. The van der Waals surface area contributed by atoms with Gasteiger partial charge >= 0.3 is 5.97 Å². The van der Waals surface area contributed by atoms with E-state index in [4.69, 9.17) is 4.84 Å². The molecular formula is C7H12ClN3O3. The first-order chi connectivity index (χ1) is 6.33. The second-order valence-corrected chi connectivity index (χ2v) is 2.36. The first-order valence-electron chi connectivity index (χ1n) is 3.79. The normalized spacial score (nSPS) is 16.8. The summed E-state index contributed by atoms with van der Waals surface area (Å²) in [6, 6.07) is 0. The Balaban J connectivity index is 0.00000169. The van der Waals surface area contributed by atoms with Crippen LogP contribution >= 0.6 is 12.4 Å². The van der Waals surface area contributed by atoms with Crippen molar-refractivity contribution in [2.24, 2.45) is 10.1 Å². The van der Waals surface area contributed by atoms with Gasteiger partial charge in [-0.1, -0.05) is 5.16 Å². The molecule has 1 rings (SSSR count). The van der Waals surface area contributed by atoms with E-state index in [0.29, 0.717) is 13.1 Å². The van der Waals surface area contributed by atoms with E-state index in [1.165, 1.54) is 7.11 Å². The summed E-state index contributed by atoms with van der Waals surface area (Å²) >= 11 is 0. The number of carbonyl (C=O) groups excluding carboxylic acids is 1. The van der Waals surface area contributed by atoms with E-state index < -0.39 is 5.97 Å². The molecule has 7 heteroatoms. The maximum Gasteiger partial charge on any atom is 0.346 e. The molecule has 80 valence electrons. The molecule has 6 nitrogen and oxygen atoms in total. The zero-order valence-electron chi connectivity index (χ0n) is 7.73. The van der Waals surface area contributed by atoms with Crippen molar-refractivity contribution in [2.75, 3.05) is 26.8 Å². The third-order valence-corrected chi connectivity index (χ3v) is 1.37. The van der Waals surface area contributed by atoms with E-state index >= 15 is 0 Å². The average molecular weight is 222 g/mol. The highest BCUT2D eigenvalue weighted by atomic mass is 35.5. The molecule has 0 radical (unpaired) electrons. The molecule has 0 bridgehead atoms. The lowest BCUT2D eigenvalue weighted by Gasteiger charge is -2.07. The van der Waals surface area contributed by atoms with Gasteiger partial charge in [0, 0.05) is 0 Å². The lowest BCUT2D eigenvalue weighted by Crippen LogP contribution is -2.29. The Kier molecular flexibility index (Phi) is 6.47. The minimum Gasteiger partial charge on any atom is -0.466 e. The van der Waals surface area contributed by atoms with Crippen molar-refractivity contribution in [3.8, 4) is 0 Å². The summed E-state index contributed by atoms with van der Waals surface area (Å²) in [6.45, 7) is 0.947. The van der Waals surface area contributed by atoms with Crippen LogP contribution in [0.25, 0.3) is 0 Å². The Bertz CT molecular complexity index is 242. The number of carbonyl (C=O) groups is 1. The van der Waals surface area contributed by atoms with Crippen LogP contribution in [0, 0.1) is 0 Å². The SMILES string of the molecule is COC(=O)CON=C1CN=CNC1.Cl. The third kappa shape index (κ3) is 4.66. The molecule has 0 amide bonds. The number of aliphatic imine (C=N–C) groups is 1. The lowest BCUT2D eigenvalue weighted by atomic mass is 10.3. The van der Waals surface area contributed by atoms with Crippen molar-refractivity contribution in [1.82, 2.24) is 5.32 Å². The summed E-state index contributed by atoms with van der Waals surface area (Å²) in [4.78, 5) is 19.2. The fourth-order valence-corrected chi connectivity index (χ4v) is 0.731. The highest BCUT2D eigenvalue weighted by molar-refractivity contribution is 5.92. The number of hydrogen-bond donors (Lipinski definition) is 1. The number of ether oxygens (including phenoxy) is 1. The maximum absolute atomic E-state index is 10.6. The summed E-state index contributed by atoms with van der Waals surface area (Å²) in [6.07, 6.45) is 1.61. The second kappa shape index (κ2) is 7.14. The van der Waals surface area contributed by atoms with E-state index in [0.717, 1.165) is 5.71 Å². The molecule has 0 unspecified atom stereocenters. The van der Waals surface area contributed by atoms with Gasteiger partial charge in [-0.05, 0) is 0 Å². The zero-order valence-corrected chi connectivity index (χ0v) is 8.54. The molecule has 0 aromatic rings. The Morgan fingerprint density at radius 2 is 2.57 bits per heavy atom. The van der Waals surface area contributed by atoms with Crippen LogP contribution in [0.4, 0.5) is 0 Å². The van der Waals surface area contributed by atoms with E-state index in [-0.39, 0.29) is 19.0 Å². The van der Waals surface area contributed by atoms with Crippen LogP contribution in [0.2, 0.25) is 0 Å². The minimum atomic E-state index is -0.448. The van der Waals surface area contributed by atoms with Gasteiger partial charge in [-0.2, -0.15) is 0 Å². The second-order valence-electron chi connectivity index (χ2n) is 2.36. The molecule has 1 heterocycles. The number of oxime groups is 1. The molecule has 0 aliphatic carbocycles. The number of methoxy groups -OCH3 is 1. The van der Waals surface area contributed by atoms with Crippen molar-refractivity contribution < 1.29 is 14.4 Å². The molecule has 0 aromatic carbocycles. The van der Waals surface area contributed by atoms with Gasteiger partial charge in [-0.3, -0.25) is 4.99 Å². The van der Waals surface area contributed by atoms with Gasteiger partial charge in [-0.25, -0.2) is 4.79 Å². The van der Waals surface area contributed by atoms with Gasteiger partial charge in [0.2, 0.25) is 6.61 Å². The lowest BCUT2D eigenvalue weighted by molar-refractivity contribution is -0.145. The number of hydrogen-bond acceptors (Lipinski definition) is 6. The quantitative estimate of drug-likeness (QED) is 0.519. The van der Waals surface area contributed by atoms with Crippen molar-refractivity contribution in [3.63, 3.8) is 0 Å². The van der Waals surface area contributed by atoms with Gasteiger partial charge in [0.15, 0.2) is 0 Å². The molecule has 14 heavy (non-hydrogen) atoms. The molecule has 1 aliphatic rings. The predicted octanol–water partition coefficient (Wildman–Crippen LogP) is -0.415. The van der Waals surface area contributed by atoms with Crippen molar-refractivity contribution >= 4 is 30.4 Å². The van der Waals surface area contributed by atoms with Gasteiger partial charge < -0.3 is 14.9 Å². The van der Waals surface area contributed by atoms with Crippen molar-refractivity contribution in [3.05, 3.63) is 0 Å². The fourth-order valence-electron chi connectivity index (χ4n) is 0.731. The number of esters is 1. The summed E-state index contributed by atoms with van der Waals surface area (Å²) in [5.74, 6) is -0.448. The van der Waals surface area contributed by atoms with Gasteiger partial charge in [0.25, 0.3) is 0 Å². The highest BCUT2D eigenvalue weighted by Crippen LogP contribution is 1.87. The smallest absolute Gasteiger partial charge is 0.346 e. The summed E-state index contributed by atoms with van der Waals surface area (Å²) in [5, 5.41) is 6.58. The van der Waals surface area contributed by atoms with Crippen molar-refractivity contribution in [1.29, 1.82) is 0 Å². The average Bonchev–Trinajstić information content (AvgIpc) is 2.19. The summed E-state index contributed by atoms with van der Waals surface area (Å²) in [5.41, 5.74) is 0.756. The number of nitrogens with zero attached hydrogens (tertiary/aromatic N) is 2. The summed E-state index contributed by atoms with van der Waals surface area (Å²) < 4.78 is 4.36. The first kappa shape index (κ1) is 12.7. The van der Waals surface area contributed by atoms with E-state index in [1.54, 1.807) is 6.34 Å².